The number of furan rings is 1. The zero-order chi connectivity index (χ0) is 19.3. The SMILES string of the molecule is Cc1c(C(=O)N2CCNCC2c2nccn2C)oc2c1ccc1ccccc12. The Kier molecular flexibility index (Phi) is 3.94. The van der Waals surface area contributed by atoms with Crippen molar-refractivity contribution in [2.75, 3.05) is 19.6 Å². The summed E-state index contributed by atoms with van der Waals surface area (Å²) in [5, 5.41) is 6.50. The predicted octanol–water partition coefficient (Wildman–Crippen LogP) is 3.41. The lowest BCUT2D eigenvalue weighted by Crippen LogP contribution is -2.49. The van der Waals surface area contributed by atoms with E-state index in [-0.39, 0.29) is 11.9 Å². The van der Waals surface area contributed by atoms with Gasteiger partial charge in [-0.2, -0.15) is 0 Å². The van der Waals surface area contributed by atoms with Crippen molar-refractivity contribution in [1.29, 1.82) is 0 Å². The smallest absolute Gasteiger partial charge is 0.290 e. The highest BCUT2D eigenvalue weighted by Crippen LogP contribution is 2.33. The molecule has 0 bridgehead atoms. The summed E-state index contributed by atoms with van der Waals surface area (Å²) in [6.07, 6.45) is 3.68. The van der Waals surface area contributed by atoms with Gasteiger partial charge in [-0.05, 0) is 12.3 Å². The molecule has 3 heterocycles. The van der Waals surface area contributed by atoms with E-state index in [0.717, 1.165) is 39.7 Å². The summed E-state index contributed by atoms with van der Waals surface area (Å²) in [6, 6.07) is 12.1. The summed E-state index contributed by atoms with van der Waals surface area (Å²) < 4.78 is 8.15. The van der Waals surface area contributed by atoms with Crippen LogP contribution in [0.3, 0.4) is 0 Å². The maximum atomic E-state index is 13.5. The minimum Gasteiger partial charge on any atom is -0.450 e. The maximum absolute atomic E-state index is 13.5. The van der Waals surface area contributed by atoms with E-state index in [1.807, 2.05) is 53.9 Å². The molecule has 28 heavy (non-hydrogen) atoms. The van der Waals surface area contributed by atoms with Gasteiger partial charge in [0.15, 0.2) is 5.76 Å². The van der Waals surface area contributed by atoms with Crippen molar-refractivity contribution in [3.05, 3.63) is 65.9 Å². The van der Waals surface area contributed by atoms with Crippen molar-refractivity contribution in [2.45, 2.75) is 13.0 Å². The minimum atomic E-state index is -0.120. The molecule has 2 aromatic carbocycles. The van der Waals surface area contributed by atoms with E-state index >= 15 is 0 Å². The second-order valence-electron chi connectivity index (χ2n) is 7.33. The first-order chi connectivity index (χ1) is 13.6. The normalized spacial score (nSPS) is 17.5. The Morgan fingerprint density at radius 1 is 1.21 bits per heavy atom. The van der Waals surface area contributed by atoms with Gasteiger partial charge in [0, 0.05) is 55.4 Å². The molecule has 4 aromatic rings. The maximum Gasteiger partial charge on any atom is 0.290 e. The highest BCUT2D eigenvalue weighted by molar-refractivity contribution is 6.08. The van der Waals surface area contributed by atoms with Gasteiger partial charge in [0.2, 0.25) is 0 Å². The van der Waals surface area contributed by atoms with E-state index in [1.54, 1.807) is 6.20 Å². The average Bonchev–Trinajstić information content (AvgIpc) is 3.31. The average molecular weight is 374 g/mol. The molecule has 6 heteroatoms. The van der Waals surface area contributed by atoms with Crippen LogP contribution in [-0.2, 0) is 7.05 Å². The summed E-state index contributed by atoms with van der Waals surface area (Å²) >= 11 is 0. The van der Waals surface area contributed by atoms with Crippen molar-refractivity contribution in [2.24, 2.45) is 7.05 Å². The lowest BCUT2D eigenvalue weighted by Gasteiger charge is -2.35. The van der Waals surface area contributed by atoms with Crippen LogP contribution in [-0.4, -0.2) is 40.0 Å². The van der Waals surface area contributed by atoms with Gasteiger partial charge in [-0.3, -0.25) is 4.79 Å². The number of rotatable bonds is 2. The molecule has 1 atom stereocenters. The molecule has 1 aliphatic heterocycles. The fourth-order valence-electron chi connectivity index (χ4n) is 4.16. The quantitative estimate of drug-likeness (QED) is 0.584. The molecule has 0 radical (unpaired) electrons. The Morgan fingerprint density at radius 2 is 2.07 bits per heavy atom. The monoisotopic (exact) mass is 374 g/mol. The first-order valence-electron chi connectivity index (χ1n) is 9.55. The Hall–Kier alpha value is -3.12. The molecule has 1 unspecified atom stereocenters. The minimum absolute atomic E-state index is 0.0766. The molecule has 1 saturated heterocycles. The van der Waals surface area contributed by atoms with Crippen LogP contribution in [0, 0.1) is 6.92 Å². The number of hydrogen-bond acceptors (Lipinski definition) is 4. The predicted molar refractivity (Wildman–Crippen MR) is 108 cm³/mol. The number of aromatic nitrogens is 2. The fraction of sp³-hybridized carbons (Fsp3) is 0.273. The van der Waals surface area contributed by atoms with Crippen LogP contribution >= 0.6 is 0 Å². The lowest BCUT2D eigenvalue weighted by molar-refractivity contribution is 0.0590. The van der Waals surface area contributed by atoms with E-state index in [1.165, 1.54) is 0 Å². The third-order valence-corrected chi connectivity index (χ3v) is 5.68. The fourth-order valence-corrected chi connectivity index (χ4v) is 4.16. The summed E-state index contributed by atoms with van der Waals surface area (Å²) in [5.74, 6) is 1.22. The van der Waals surface area contributed by atoms with Gasteiger partial charge in [0.1, 0.15) is 17.4 Å². The van der Waals surface area contributed by atoms with Gasteiger partial charge in [-0.25, -0.2) is 4.98 Å². The number of benzene rings is 2. The number of nitrogens with zero attached hydrogens (tertiary/aromatic N) is 3. The van der Waals surface area contributed by atoms with Gasteiger partial charge in [-0.1, -0.05) is 36.4 Å². The van der Waals surface area contributed by atoms with Gasteiger partial charge < -0.3 is 19.2 Å². The molecule has 2 aromatic heterocycles. The van der Waals surface area contributed by atoms with Crippen LogP contribution in [0.25, 0.3) is 21.7 Å². The molecule has 1 aliphatic rings. The van der Waals surface area contributed by atoms with Crippen LogP contribution in [0.4, 0.5) is 0 Å². The molecule has 6 nitrogen and oxygen atoms in total. The van der Waals surface area contributed by atoms with Crippen LogP contribution in [0.5, 0.6) is 0 Å². The summed E-state index contributed by atoms with van der Waals surface area (Å²) in [6.45, 7) is 4.02. The summed E-state index contributed by atoms with van der Waals surface area (Å²) in [4.78, 5) is 19.9. The number of amides is 1. The number of carbonyl (C=O) groups excluding carboxylic acids is 1. The van der Waals surface area contributed by atoms with Crippen molar-refractivity contribution in [3.63, 3.8) is 0 Å². The van der Waals surface area contributed by atoms with E-state index in [9.17, 15) is 4.79 Å². The van der Waals surface area contributed by atoms with Crippen molar-refractivity contribution in [3.8, 4) is 0 Å². The van der Waals surface area contributed by atoms with E-state index in [0.29, 0.717) is 18.8 Å². The van der Waals surface area contributed by atoms with Gasteiger partial charge in [0.05, 0.1) is 0 Å². The first kappa shape index (κ1) is 17.0. The Morgan fingerprint density at radius 3 is 2.89 bits per heavy atom. The van der Waals surface area contributed by atoms with Crippen molar-refractivity contribution < 1.29 is 9.21 Å². The number of imidazole rings is 1. The number of hydrogen-bond donors (Lipinski definition) is 1. The molecule has 0 saturated carbocycles. The lowest BCUT2D eigenvalue weighted by atomic mass is 10.1. The largest absolute Gasteiger partial charge is 0.450 e. The van der Waals surface area contributed by atoms with E-state index in [4.69, 9.17) is 4.42 Å². The molecular formula is C22H22N4O2. The standard InChI is InChI=1S/C22H22N4O2/c1-14-16-8-7-15-5-3-4-6-17(15)20(16)28-19(14)22(27)26-12-9-23-13-18(26)21-24-10-11-25(21)2/h3-8,10-11,18,23H,9,12-13H2,1-2H3. The van der Waals surface area contributed by atoms with Crippen LogP contribution < -0.4 is 5.32 Å². The Labute approximate surface area is 162 Å². The number of carbonyl (C=O) groups is 1. The molecular weight excluding hydrogens is 352 g/mol. The number of aryl methyl sites for hydroxylation is 2. The van der Waals surface area contributed by atoms with Gasteiger partial charge >= 0.3 is 0 Å². The second-order valence-corrected chi connectivity index (χ2v) is 7.33. The number of piperazine rings is 1. The molecule has 0 aliphatic carbocycles. The molecule has 142 valence electrons. The van der Waals surface area contributed by atoms with Crippen LogP contribution in [0.2, 0.25) is 0 Å². The topological polar surface area (TPSA) is 63.3 Å². The van der Waals surface area contributed by atoms with Gasteiger partial charge in [-0.15, -0.1) is 0 Å². The Balaban J connectivity index is 1.60. The third-order valence-electron chi connectivity index (χ3n) is 5.68. The summed E-state index contributed by atoms with van der Waals surface area (Å²) in [5.41, 5.74) is 1.67. The first-order valence-corrected chi connectivity index (χ1v) is 9.55. The zero-order valence-electron chi connectivity index (χ0n) is 16.0. The zero-order valence-corrected chi connectivity index (χ0v) is 16.0. The van der Waals surface area contributed by atoms with Crippen LogP contribution in [0.15, 0.2) is 53.2 Å². The highest BCUT2D eigenvalue weighted by atomic mass is 16.3. The molecule has 1 N–H and O–H groups in total. The Bertz CT molecular complexity index is 1190. The molecule has 1 amide bonds. The second kappa shape index (κ2) is 6.49. The van der Waals surface area contributed by atoms with E-state index in [2.05, 4.69) is 22.4 Å². The molecule has 1 fully saturated rings. The van der Waals surface area contributed by atoms with Crippen LogP contribution in [0.1, 0.15) is 28.0 Å². The van der Waals surface area contributed by atoms with Crippen molar-refractivity contribution >= 4 is 27.6 Å². The molecule has 5 rings (SSSR count). The molecule has 0 spiro atoms. The van der Waals surface area contributed by atoms with E-state index < -0.39 is 0 Å². The highest BCUT2D eigenvalue weighted by Gasteiger charge is 2.33. The third kappa shape index (κ3) is 2.52. The van der Waals surface area contributed by atoms with Crippen molar-refractivity contribution in [1.82, 2.24) is 19.8 Å². The number of fused-ring (bicyclic) bond motifs is 3. The number of nitrogens with one attached hydrogen (secondary N) is 1. The summed E-state index contributed by atoms with van der Waals surface area (Å²) in [7, 11) is 1.96. The van der Waals surface area contributed by atoms with Gasteiger partial charge in [0.25, 0.3) is 5.91 Å².